The van der Waals surface area contributed by atoms with Gasteiger partial charge in [0.2, 0.25) is 0 Å². The van der Waals surface area contributed by atoms with E-state index in [1.165, 1.54) is 11.8 Å². The second-order valence-electron chi connectivity index (χ2n) is 7.56. The van der Waals surface area contributed by atoms with Crippen LogP contribution in [-0.4, -0.2) is 24.9 Å². The molecule has 0 bridgehead atoms. The fourth-order valence-electron chi connectivity index (χ4n) is 3.54. The lowest BCUT2D eigenvalue weighted by Crippen LogP contribution is -2.23. The second kappa shape index (κ2) is 8.02. The fourth-order valence-corrected chi connectivity index (χ4v) is 4.85. The minimum atomic E-state index is -4.06. The van der Waals surface area contributed by atoms with Crippen LogP contribution in [0.1, 0.15) is 36.6 Å². The van der Waals surface area contributed by atoms with Crippen LogP contribution in [-0.2, 0) is 17.1 Å². The van der Waals surface area contributed by atoms with Crippen molar-refractivity contribution in [1.29, 1.82) is 0 Å². The van der Waals surface area contributed by atoms with Gasteiger partial charge in [0.05, 0.1) is 18.5 Å². The minimum absolute atomic E-state index is 0.00761. The van der Waals surface area contributed by atoms with Crippen molar-refractivity contribution in [2.45, 2.75) is 38.5 Å². The van der Waals surface area contributed by atoms with Crippen LogP contribution < -0.4 is 15.0 Å². The summed E-state index contributed by atoms with van der Waals surface area (Å²) in [4.78, 5) is 13.1. The Morgan fingerprint density at radius 1 is 1.07 bits per heavy atom. The van der Waals surface area contributed by atoms with E-state index in [0.29, 0.717) is 11.4 Å². The molecule has 8 heteroatoms. The topological polar surface area (TPSA) is 82.3 Å². The first kappa shape index (κ1) is 21.7. The van der Waals surface area contributed by atoms with Crippen molar-refractivity contribution in [1.82, 2.24) is 9.36 Å². The van der Waals surface area contributed by atoms with Crippen molar-refractivity contribution in [3.05, 3.63) is 69.6 Å². The lowest BCUT2D eigenvalue weighted by atomic mass is 9.98. The Bertz CT molecular complexity index is 1240. The predicted molar refractivity (Wildman–Crippen MR) is 118 cm³/mol. The van der Waals surface area contributed by atoms with Gasteiger partial charge in [-0.05, 0) is 55.2 Å². The first-order valence-electron chi connectivity index (χ1n) is 9.63. The molecule has 3 rings (SSSR count). The van der Waals surface area contributed by atoms with Crippen LogP contribution in [0.2, 0.25) is 0 Å². The molecular formula is C22H27N3O4S. The van der Waals surface area contributed by atoms with E-state index < -0.39 is 15.6 Å². The maximum Gasteiger partial charge on any atom is 0.296 e. The summed E-state index contributed by atoms with van der Waals surface area (Å²) < 4.78 is 37.5. The standard InChI is InChI=1S/C22H27N3O4S/c1-14(2)18-13-20(19(29-6)12-15(18)3)30(27,28)23-21-16(4)24(5)25(22(21)26)17-10-8-7-9-11-17/h7-14,23H,1-6H3. The molecule has 2 aromatic carbocycles. The highest BCUT2D eigenvalue weighted by Crippen LogP contribution is 2.32. The summed E-state index contributed by atoms with van der Waals surface area (Å²) in [7, 11) is -0.918. The number of hydrogen-bond acceptors (Lipinski definition) is 4. The third-order valence-electron chi connectivity index (χ3n) is 5.25. The maximum atomic E-state index is 13.3. The molecule has 1 N–H and O–H groups in total. The second-order valence-corrected chi connectivity index (χ2v) is 9.21. The molecule has 0 saturated carbocycles. The van der Waals surface area contributed by atoms with Crippen molar-refractivity contribution < 1.29 is 13.2 Å². The van der Waals surface area contributed by atoms with Gasteiger partial charge in [-0.25, -0.2) is 13.1 Å². The molecule has 0 saturated heterocycles. The van der Waals surface area contributed by atoms with E-state index >= 15 is 0 Å². The number of methoxy groups -OCH3 is 1. The number of nitrogens with one attached hydrogen (secondary N) is 1. The lowest BCUT2D eigenvalue weighted by molar-refractivity contribution is 0.402. The SMILES string of the molecule is COc1cc(C)c(C(C)C)cc1S(=O)(=O)Nc1c(C)n(C)n(-c2ccccc2)c1=O. The van der Waals surface area contributed by atoms with Gasteiger partial charge >= 0.3 is 0 Å². The van der Waals surface area contributed by atoms with Crippen LogP contribution >= 0.6 is 0 Å². The van der Waals surface area contributed by atoms with Gasteiger partial charge in [-0.3, -0.25) is 14.2 Å². The average Bonchev–Trinajstić information content (AvgIpc) is 2.90. The Hall–Kier alpha value is -3.00. The molecule has 0 atom stereocenters. The zero-order chi connectivity index (χ0) is 22.2. The number of para-hydroxylation sites is 1. The number of aryl methyl sites for hydroxylation is 1. The summed E-state index contributed by atoms with van der Waals surface area (Å²) in [6, 6.07) is 12.4. The Kier molecular flexibility index (Phi) is 5.81. The van der Waals surface area contributed by atoms with Gasteiger partial charge in [0.25, 0.3) is 15.6 Å². The van der Waals surface area contributed by atoms with E-state index in [-0.39, 0.29) is 22.3 Å². The van der Waals surface area contributed by atoms with E-state index in [0.717, 1.165) is 11.1 Å². The van der Waals surface area contributed by atoms with Crippen LogP contribution in [0.4, 0.5) is 5.69 Å². The maximum absolute atomic E-state index is 13.3. The molecule has 30 heavy (non-hydrogen) atoms. The van der Waals surface area contributed by atoms with Crippen molar-refractivity contribution in [2.75, 3.05) is 11.8 Å². The van der Waals surface area contributed by atoms with Gasteiger partial charge in [-0.2, -0.15) is 0 Å². The summed E-state index contributed by atoms with van der Waals surface area (Å²) in [5.41, 5.74) is 2.57. The molecule has 1 heterocycles. The van der Waals surface area contributed by atoms with Crippen molar-refractivity contribution in [3.63, 3.8) is 0 Å². The van der Waals surface area contributed by atoms with Crippen molar-refractivity contribution in [3.8, 4) is 11.4 Å². The highest BCUT2D eigenvalue weighted by molar-refractivity contribution is 7.92. The van der Waals surface area contributed by atoms with Gasteiger partial charge in [0.15, 0.2) is 0 Å². The molecule has 160 valence electrons. The smallest absolute Gasteiger partial charge is 0.296 e. The molecule has 0 aliphatic rings. The van der Waals surface area contributed by atoms with Crippen molar-refractivity contribution in [2.24, 2.45) is 7.05 Å². The summed E-state index contributed by atoms with van der Waals surface area (Å²) in [6.45, 7) is 7.61. The third kappa shape index (κ3) is 3.75. The summed E-state index contributed by atoms with van der Waals surface area (Å²) >= 11 is 0. The Morgan fingerprint density at radius 2 is 1.70 bits per heavy atom. The third-order valence-corrected chi connectivity index (χ3v) is 6.63. The molecule has 0 amide bonds. The van der Waals surface area contributed by atoms with Gasteiger partial charge in [-0.1, -0.05) is 32.0 Å². The Balaban J connectivity index is 2.14. The predicted octanol–water partition coefficient (Wildman–Crippen LogP) is 3.73. The Labute approximate surface area is 177 Å². The highest BCUT2D eigenvalue weighted by Gasteiger charge is 2.26. The zero-order valence-electron chi connectivity index (χ0n) is 18.1. The molecule has 0 unspecified atom stereocenters. The molecule has 0 fully saturated rings. The Morgan fingerprint density at radius 3 is 2.27 bits per heavy atom. The van der Waals surface area contributed by atoms with E-state index in [9.17, 15) is 13.2 Å². The summed E-state index contributed by atoms with van der Waals surface area (Å²) in [5.74, 6) is 0.375. The van der Waals surface area contributed by atoms with Crippen LogP contribution in [0.3, 0.4) is 0 Å². The minimum Gasteiger partial charge on any atom is -0.495 e. The molecule has 0 aliphatic heterocycles. The van der Waals surface area contributed by atoms with E-state index in [4.69, 9.17) is 4.74 Å². The number of anilines is 1. The van der Waals surface area contributed by atoms with Crippen LogP contribution in [0, 0.1) is 13.8 Å². The average molecular weight is 430 g/mol. The molecule has 1 aromatic heterocycles. The first-order valence-corrected chi connectivity index (χ1v) is 11.1. The molecule has 0 spiro atoms. The van der Waals surface area contributed by atoms with E-state index in [1.54, 1.807) is 42.9 Å². The lowest BCUT2D eigenvalue weighted by Gasteiger charge is -2.16. The molecule has 3 aromatic rings. The van der Waals surface area contributed by atoms with E-state index in [2.05, 4.69) is 4.72 Å². The molecular weight excluding hydrogens is 402 g/mol. The van der Waals surface area contributed by atoms with Gasteiger partial charge in [-0.15, -0.1) is 0 Å². The number of rotatable bonds is 6. The van der Waals surface area contributed by atoms with Crippen LogP contribution in [0.25, 0.3) is 5.69 Å². The first-order chi connectivity index (χ1) is 14.1. The number of hydrogen-bond donors (Lipinski definition) is 1. The number of benzene rings is 2. The highest BCUT2D eigenvalue weighted by atomic mass is 32.2. The van der Waals surface area contributed by atoms with Crippen molar-refractivity contribution >= 4 is 15.7 Å². The van der Waals surface area contributed by atoms with Crippen LogP contribution in [0.5, 0.6) is 5.75 Å². The van der Waals surface area contributed by atoms with Gasteiger partial charge in [0.1, 0.15) is 16.3 Å². The van der Waals surface area contributed by atoms with E-state index in [1.807, 2.05) is 39.0 Å². The number of ether oxygens (including phenoxy) is 1. The zero-order valence-corrected chi connectivity index (χ0v) is 18.9. The largest absolute Gasteiger partial charge is 0.495 e. The fraction of sp³-hybridized carbons (Fsp3) is 0.318. The molecule has 0 radical (unpaired) electrons. The summed E-state index contributed by atoms with van der Waals surface area (Å²) in [6.07, 6.45) is 0. The number of nitrogens with zero attached hydrogens (tertiary/aromatic N) is 2. The number of aromatic nitrogens is 2. The summed E-state index contributed by atoms with van der Waals surface area (Å²) in [5, 5.41) is 0. The van der Waals surface area contributed by atoms with Crippen LogP contribution in [0.15, 0.2) is 52.2 Å². The molecule has 0 aliphatic carbocycles. The van der Waals surface area contributed by atoms with Gasteiger partial charge in [0, 0.05) is 7.05 Å². The molecule has 7 nitrogen and oxygen atoms in total. The normalized spacial score (nSPS) is 11.7. The van der Waals surface area contributed by atoms with Gasteiger partial charge < -0.3 is 4.74 Å². The monoisotopic (exact) mass is 429 g/mol. The number of sulfonamides is 1. The quantitative estimate of drug-likeness (QED) is 0.647.